The van der Waals surface area contributed by atoms with Crippen molar-refractivity contribution in [1.82, 2.24) is 0 Å². The normalized spacial score (nSPS) is 20.2. The zero-order chi connectivity index (χ0) is 14.8. The monoisotopic (exact) mass is 288 g/mol. The zero-order valence-corrected chi connectivity index (χ0v) is 12.2. The van der Waals surface area contributed by atoms with Crippen LogP contribution in [0.1, 0.15) is 19.8 Å². The first-order valence-corrected chi connectivity index (χ1v) is 7.44. The van der Waals surface area contributed by atoms with Crippen molar-refractivity contribution in [1.29, 1.82) is 0 Å². The molecule has 112 valence electrons. The fourth-order valence-electron chi connectivity index (χ4n) is 2.58. The lowest BCUT2D eigenvalue weighted by atomic mass is 10.1. The number of ether oxygens (including phenoxy) is 1. The highest BCUT2D eigenvalue weighted by molar-refractivity contribution is 5.96. The van der Waals surface area contributed by atoms with Crippen LogP contribution in [0.3, 0.4) is 0 Å². The molecule has 5 heteroatoms. The minimum absolute atomic E-state index is 0.0274. The topological polar surface area (TPSA) is 58.6 Å². The third-order valence-corrected chi connectivity index (χ3v) is 4.18. The Morgan fingerprint density at radius 2 is 2.05 bits per heavy atom. The third-order valence-electron chi connectivity index (χ3n) is 4.18. The van der Waals surface area contributed by atoms with E-state index in [0.29, 0.717) is 19.1 Å². The van der Waals surface area contributed by atoms with Crippen molar-refractivity contribution in [3.63, 3.8) is 0 Å². The molecule has 1 aliphatic heterocycles. The number of benzene rings is 1. The number of amides is 2. The molecular formula is C16H20N2O3. The molecule has 1 unspecified atom stereocenters. The first-order valence-electron chi connectivity index (χ1n) is 7.44. The Morgan fingerprint density at radius 1 is 1.33 bits per heavy atom. The summed E-state index contributed by atoms with van der Waals surface area (Å²) in [5.74, 6) is 0.675. The van der Waals surface area contributed by atoms with Crippen molar-refractivity contribution >= 4 is 23.2 Å². The minimum atomic E-state index is -0.0274. The Kier molecular flexibility index (Phi) is 3.92. The Labute approximate surface area is 124 Å². The second kappa shape index (κ2) is 5.85. The highest BCUT2D eigenvalue weighted by atomic mass is 16.5. The van der Waals surface area contributed by atoms with E-state index in [1.165, 1.54) is 0 Å². The summed E-state index contributed by atoms with van der Waals surface area (Å²) in [6.07, 6.45) is 2.32. The molecule has 3 rings (SSSR count). The van der Waals surface area contributed by atoms with Gasteiger partial charge in [0.15, 0.2) is 0 Å². The maximum Gasteiger partial charge on any atom is 0.253 e. The number of morpholine rings is 1. The molecule has 1 atom stereocenters. The van der Waals surface area contributed by atoms with Crippen LogP contribution in [0.15, 0.2) is 24.3 Å². The maximum absolute atomic E-state index is 12.0. The molecule has 1 heterocycles. The van der Waals surface area contributed by atoms with Gasteiger partial charge in [0.1, 0.15) is 6.61 Å². The lowest BCUT2D eigenvalue weighted by molar-refractivity contribution is -0.125. The number of hydrogen-bond acceptors (Lipinski definition) is 3. The smallest absolute Gasteiger partial charge is 0.253 e. The summed E-state index contributed by atoms with van der Waals surface area (Å²) in [6.45, 7) is 3.25. The molecule has 2 amide bonds. The van der Waals surface area contributed by atoms with Gasteiger partial charge < -0.3 is 15.0 Å². The van der Waals surface area contributed by atoms with Crippen LogP contribution in [0.4, 0.5) is 11.4 Å². The molecule has 1 saturated heterocycles. The summed E-state index contributed by atoms with van der Waals surface area (Å²) < 4.78 is 5.12. The average molecular weight is 288 g/mol. The zero-order valence-electron chi connectivity index (χ0n) is 12.2. The van der Waals surface area contributed by atoms with E-state index in [1.807, 2.05) is 31.2 Å². The molecular weight excluding hydrogens is 268 g/mol. The predicted molar refractivity (Wildman–Crippen MR) is 80.1 cm³/mol. The van der Waals surface area contributed by atoms with Gasteiger partial charge in [-0.2, -0.15) is 0 Å². The van der Waals surface area contributed by atoms with Gasteiger partial charge in [-0.3, -0.25) is 9.59 Å². The summed E-state index contributed by atoms with van der Waals surface area (Å²) in [7, 11) is 0. The van der Waals surface area contributed by atoms with Crippen LogP contribution in [-0.4, -0.2) is 31.6 Å². The summed E-state index contributed by atoms with van der Waals surface area (Å²) in [5.41, 5.74) is 1.62. The molecule has 21 heavy (non-hydrogen) atoms. The standard InChI is InChI=1S/C16H20N2O3/c1-11(12-2-3-12)16(20)17-13-4-6-14(7-5-13)18-8-9-21-10-15(18)19/h4-7,11-12H,2-3,8-10H2,1H3,(H,17,20). The summed E-state index contributed by atoms with van der Waals surface area (Å²) in [5, 5.41) is 2.94. The van der Waals surface area contributed by atoms with Crippen LogP contribution in [0.25, 0.3) is 0 Å². The van der Waals surface area contributed by atoms with E-state index >= 15 is 0 Å². The van der Waals surface area contributed by atoms with Gasteiger partial charge in [-0.15, -0.1) is 0 Å². The largest absolute Gasteiger partial charge is 0.370 e. The van der Waals surface area contributed by atoms with E-state index in [2.05, 4.69) is 5.32 Å². The minimum Gasteiger partial charge on any atom is -0.370 e. The highest BCUT2D eigenvalue weighted by Gasteiger charge is 2.32. The van der Waals surface area contributed by atoms with Crippen LogP contribution >= 0.6 is 0 Å². The average Bonchev–Trinajstić information content (AvgIpc) is 3.32. The van der Waals surface area contributed by atoms with E-state index < -0.39 is 0 Å². The van der Waals surface area contributed by atoms with E-state index in [9.17, 15) is 9.59 Å². The SMILES string of the molecule is CC(C(=O)Nc1ccc(N2CCOCC2=O)cc1)C1CC1. The lowest BCUT2D eigenvalue weighted by Crippen LogP contribution is -2.41. The quantitative estimate of drug-likeness (QED) is 0.922. The fourth-order valence-corrected chi connectivity index (χ4v) is 2.58. The summed E-state index contributed by atoms with van der Waals surface area (Å²) >= 11 is 0. The molecule has 1 saturated carbocycles. The maximum atomic E-state index is 12.0. The lowest BCUT2D eigenvalue weighted by Gasteiger charge is -2.27. The number of carbonyl (C=O) groups is 2. The fraction of sp³-hybridized carbons (Fsp3) is 0.500. The van der Waals surface area contributed by atoms with E-state index in [1.54, 1.807) is 4.90 Å². The van der Waals surface area contributed by atoms with Gasteiger partial charge in [0.25, 0.3) is 5.91 Å². The second-order valence-electron chi connectivity index (χ2n) is 5.76. The Bertz CT molecular complexity index is 537. The van der Waals surface area contributed by atoms with Crippen molar-refractivity contribution in [3.05, 3.63) is 24.3 Å². The van der Waals surface area contributed by atoms with E-state index in [0.717, 1.165) is 24.2 Å². The molecule has 2 aliphatic rings. The molecule has 0 aromatic heterocycles. The Hall–Kier alpha value is -1.88. The summed E-state index contributed by atoms with van der Waals surface area (Å²) in [4.78, 5) is 25.5. The van der Waals surface area contributed by atoms with Crippen molar-refractivity contribution in [2.24, 2.45) is 11.8 Å². The van der Waals surface area contributed by atoms with Gasteiger partial charge in [0.05, 0.1) is 6.61 Å². The second-order valence-corrected chi connectivity index (χ2v) is 5.76. The number of rotatable bonds is 4. The van der Waals surface area contributed by atoms with Gasteiger partial charge in [-0.25, -0.2) is 0 Å². The highest BCUT2D eigenvalue weighted by Crippen LogP contribution is 2.37. The first-order chi connectivity index (χ1) is 10.1. The molecule has 2 fully saturated rings. The molecule has 1 aromatic rings. The summed E-state index contributed by atoms with van der Waals surface area (Å²) in [6, 6.07) is 7.41. The molecule has 0 bridgehead atoms. The van der Waals surface area contributed by atoms with Crippen LogP contribution < -0.4 is 10.2 Å². The number of nitrogens with one attached hydrogen (secondary N) is 1. The van der Waals surface area contributed by atoms with Crippen LogP contribution in [0.2, 0.25) is 0 Å². The third kappa shape index (κ3) is 3.24. The Morgan fingerprint density at radius 3 is 2.67 bits per heavy atom. The van der Waals surface area contributed by atoms with Crippen LogP contribution in [-0.2, 0) is 14.3 Å². The van der Waals surface area contributed by atoms with Gasteiger partial charge in [-0.1, -0.05) is 6.92 Å². The molecule has 0 radical (unpaired) electrons. The van der Waals surface area contributed by atoms with Crippen molar-refractivity contribution in [2.75, 3.05) is 30.0 Å². The van der Waals surface area contributed by atoms with Crippen molar-refractivity contribution in [3.8, 4) is 0 Å². The molecule has 1 N–H and O–H groups in total. The molecule has 0 spiro atoms. The molecule has 1 aliphatic carbocycles. The number of hydrogen-bond donors (Lipinski definition) is 1. The van der Waals surface area contributed by atoms with Crippen LogP contribution in [0, 0.1) is 11.8 Å². The first kappa shape index (κ1) is 14.1. The van der Waals surface area contributed by atoms with E-state index in [4.69, 9.17) is 4.74 Å². The number of nitrogens with zero attached hydrogens (tertiary/aromatic N) is 1. The molecule has 1 aromatic carbocycles. The van der Waals surface area contributed by atoms with Crippen molar-refractivity contribution < 1.29 is 14.3 Å². The number of carbonyl (C=O) groups excluding carboxylic acids is 2. The number of anilines is 2. The van der Waals surface area contributed by atoms with Gasteiger partial charge in [-0.05, 0) is 43.0 Å². The van der Waals surface area contributed by atoms with Gasteiger partial charge >= 0.3 is 0 Å². The van der Waals surface area contributed by atoms with Gasteiger partial charge in [0, 0.05) is 23.8 Å². The molecule has 5 nitrogen and oxygen atoms in total. The predicted octanol–water partition coefficient (Wildman–Crippen LogP) is 2.03. The van der Waals surface area contributed by atoms with Crippen molar-refractivity contribution in [2.45, 2.75) is 19.8 Å². The Balaban J connectivity index is 1.63. The van der Waals surface area contributed by atoms with Crippen LogP contribution in [0.5, 0.6) is 0 Å². The van der Waals surface area contributed by atoms with E-state index in [-0.39, 0.29) is 24.3 Å². The van der Waals surface area contributed by atoms with Gasteiger partial charge in [0.2, 0.25) is 5.91 Å².